The van der Waals surface area contributed by atoms with Crippen molar-refractivity contribution >= 4 is 27.8 Å². The SMILES string of the molecule is CCCn1cc(C(=O)NC(C(=O)O)c2ccc(Br)cc2)cn1. The lowest BCUT2D eigenvalue weighted by Gasteiger charge is -2.14. The number of nitrogens with zero attached hydrogens (tertiary/aromatic N) is 2. The third kappa shape index (κ3) is 3.94. The van der Waals surface area contributed by atoms with Crippen molar-refractivity contribution in [3.8, 4) is 0 Å². The number of aliphatic carboxylic acids is 1. The lowest BCUT2D eigenvalue weighted by atomic mass is 10.1. The van der Waals surface area contributed by atoms with Crippen molar-refractivity contribution in [3.63, 3.8) is 0 Å². The molecule has 0 fully saturated rings. The van der Waals surface area contributed by atoms with Crippen molar-refractivity contribution in [1.82, 2.24) is 15.1 Å². The van der Waals surface area contributed by atoms with Crippen LogP contribution < -0.4 is 5.32 Å². The van der Waals surface area contributed by atoms with Gasteiger partial charge in [0.05, 0.1) is 11.8 Å². The summed E-state index contributed by atoms with van der Waals surface area (Å²) in [5.41, 5.74) is 0.849. The van der Waals surface area contributed by atoms with Gasteiger partial charge in [-0.3, -0.25) is 9.48 Å². The molecule has 116 valence electrons. The van der Waals surface area contributed by atoms with Gasteiger partial charge in [0.2, 0.25) is 0 Å². The van der Waals surface area contributed by atoms with Crippen LogP contribution in [0.3, 0.4) is 0 Å². The minimum atomic E-state index is -1.11. The van der Waals surface area contributed by atoms with E-state index in [0.29, 0.717) is 17.7 Å². The van der Waals surface area contributed by atoms with Crippen LogP contribution in [0.2, 0.25) is 0 Å². The summed E-state index contributed by atoms with van der Waals surface area (Å²) in [6.07, 6.45) is 3.95. The van der Waals surface area contributed by atoms with Gasteiger partial charge in [0.25, 0.3) is 5.91 Å². The molecule has 0 aliphatic rings. The summed E-state index contributed by atoms with van der Waals surface area (Å²) in [5, 5.41) is 15.9. The van der Waals surface area contributed by atoms with E-state index < -0.39 is 17.9 Å². The Hall–Kier alpha value is -2.15. The fraction of sp³-hybridized carbons (Fsp3) is 0.267. The highest BCUT2D eigenvalue weighted by Gasteiger charge is 2.23. The number of carbonyl (C=O) groups excluding carboxylic acids is 1. The Labute approximate surface area is 136 Å². The first kappa shape index (κ1) is 16.2. The van der Waals surface area contributed by atoms with Crippen LogP contribution in [0.25, 0.3) is 0 Å². The lowest BCUT2D eigenvalue weighted by molar-refractivity contribution is -0.139. The molecule has 0 aliphatic carbocycles. The Kier molecular flexibility index (Phi) is 5.32. The molecular formula is C15H16BrN3O3. The zero-order valence-electron chi connectivity index (χ0n) is 12.0. The quantitative estimate of drug-likeness (QED) is 0.823. The van der Waals surface area contributed by atoms with Crippen LogP contribution in [0.15, 0.2) is 41.1 Å². The lowest BCUT2D eigenvalue weighted by Crippen LogP contribution is -2.33. The molecule has 1 aromatic heterocycles. The summed E-state index contributed by atoms with van der Waals surface area (Å²) in [6, 6.07) is 5.68. The second-order valence-electron chi connectivity index (χ2n) is 4.79. The van der Waals surface area contributed by atoms with Crippen LogP contribution in [0.4, 0.5) is 0 Å². The third-order valence-electron chi connectivity index (χ3n) is 3.07. The number of carboxylic acids is 1. The molecular weight excluding hydrogens is 350 g/mol. The predicted octanol–water partition coefficient (Wildman–Crippen LogP) is 2.61. The van der Waals surface area contributed by atoms with Gasteiger partial charge in [0.1, 0.15) is 0 Å². The summed E-state index contributed by atoms with van der Waals surface area (Å²) in [5.74, 6) is -1.57. The van der Waals surface area contributed by atoms with Gasteiger partial charge in [-0.15, -0.1) is 0 Å². The summed E-state index contributed by atoms with van der Waals surface area (Å²) in [7, 11) is 0. The smallest absolute Gasteiger partial charge is 0.330 e. The monoisotopic (exact) mass is 365 g/mol. The molecule has 0 aliphatic heterocycles. The highest BCUT2D eigenvalue weighted by Crippen LogP contribution is 2.18. The number of hydrogen-bond donors (Lipinski definition) is 2. The van der Waals surface area contributed by atoms with E-state index in [4.69, 9.17) is 0 Å². The molecule has 1 heterocycles. The van der Waals surface area contributed by atoms with Gasteiger partial charge in [0, 0.05) is 17.2 Å². The number of carbonyl (C=O) groups is 2. The second kappa shape index (κ2) is 7.22. The van der Waals surface area contributed by atoms with Crippen molar-refractivity contribution in [3.05, 3.63) is 52.3 Å². The Balaban J connectivity index is 2.14. The minimum absolute atomic E-state index is 0.344. The molecule has 7 heteroatoms. The standard InChI is InChI=1S/C15H16BrN3O3/c1-2-7-19-9-11(8-17-19)14(20)18-13(15(21)22)10-3-5-12(16)6-4-10/h3-6,8-9,13H,2,7H2,1H3,(H,18,20)(H,21,22). The van der Waals surface area contributed by atoms with Gasteiger partial charge in [0.15, 0.2) is 6.04 Å². The van der Waals surface area contributed by atoms with Crippen molar-refractivity contribution in [2.45, 2.75) is 25.9 Å². The van der Waals surface area contributed by atoms with Crippen LogP contribution in [-0.4, -0.2) is 26.8 Å². The summed E-state index contributed by atoms with van der Waals surface area (Å²) < 4.78 is 2.50. The van der Waals surface area contributed by atoms with Crippen LogP contribution in [-0.2, 0) is 11.3 Å². The summed E-state index contributed by atoms with van der Waals surface area (Å²) >= 11 is 3.29. The highest BCUT2D eigenvalue weighted by molar-refractivity contribution is 9.10. The normalized spacial score (nSPS) is 11.9. The summed E-state index contributed by atoms with van der Waals surface area (Å²) in [6.45, 7) is 2.72. The number of aryl methyl sites for hydroxylation is 1. The van der Waals surface area contributed by atoms with Gasteiger partial charge in [-0.05, 0) is 24.1 Å². The average molecular weight is 366 g/mol. The number of hydrogen-bond acceptors (Lipinski definition) is 3. The molecule has 22 heavy (non-hydrogen) atoms. The van der Waals surface area contributed by atoms with Crippen molar-refractivity contribution in [1.29, 1.82) is 0 Å². The van der Waals surface area contributed by atoms with Crippen molar-refractivity contribution in [2.75, 3.05) is 0 Å². The molecule has 2 N–H and O–H groups in total. The topological polar surface area (TPSA) is 84.2 Å². The van der Waals surface area contributed by atoms with E-state index in [2.05, 4.69) is 26.3 Å². The molecule has 1 unspecified atom stereocenters. The fourth-order valence-corrected chi connectivity index (χ4v) is 2.25. The first-order valence-corrected chi connectivity index (χ1v) is 7.62. The number of carboxylic acid groups (broad SMARTS) is 1. The largest absolute Gasteiger partial charge is 0.479 e. The molecule has 0 radical (unpaired) electrons. The minimum Gasteiger partial charge on any atom is -0.479 e. The molecule has 0 saturated heterocycles. The number of aromatic nitrogens is 2. The number of benzene rings is 1. The van der Waals surface area contributed by atoms with Crippen LogP contribution in [0.1, 0.15) is 35.3 Å². The van der Waals surface area contributed by atoms with Gasteiger partial charge in [-0.2, -0.15) is 5.10 Å². The predicted molar refractivity (Wildman–Crippen MR) is 84.5 cm³/mol. The molecule has 0 spiro atoms. The van der Waals surface area contributed by atoms with Crippen molar-refractivity contribution in [2.24, 2.45) is 0 Å². The van der Waals surface area contributed by atoms with E-state index in [-0.39, 0.29) is 0 Å². The number of nitrogens with one attached hydrogen (secondary N) is 1. The van der Waals surface area contributed by atoms with E-state index in [0.717, 1.165) is 10.9 Å². The van der Waals surface area contributed by atoms with Crippen LogP contribution in [0.5, 0.6) is 0 Å². The van der Waals surface area contributed by atoms with Crippen LogP contribution in [0, 0.1) is 0 Å². The van der Waals surface area contributed by atoms with E-state index in [9.17, 15) is 14.7 Å². The van der Waals surface area contributed by atoms with E-state index in [1.807, 2.05) is 6.92 Å². The molecule has 6 nitrogen and oxygen atoms in total. The number of halogens is 1. The van der Waals surface area contributed by atoms with Gasteiger partial charge in [-0.1, -0.05) is 35.0 Å². The Morgan fingerprint density at radius 1 is 1.36 bits per heavy atom. The van der Waals surface area contributed by atoms with E-state index in [1.165, 1.54) is 6.20 Å². The second-order valence-corrected chi connectivity index (χ2v) is 5.70. The van der Waals surface area contributed by atoms with Gasteiger partial charge in [-0.25, -0.2) is 4.79 Å². The zero-order valence-corrected chi connectivity index (χ0v) is 13.6. The molecule has 0 saturated carbocycles. The average Bonchev–Trinajstić information content (AvgIpc) is 2.94. The molecule has 1 amide bonds. The number of amides is 1. The van der Waals surface area contributed by atoms with Gasteiger partial charge >= 0.3 is 5.97 Å². The molecule has 1 atom stereocenters. The Morgan fingerprint density at radius 2 is 2.05 bits per heavy atom. The maximum Gasteiger partial charge on any atom is 0.330 e. The van der Waals surface area contributed by atoms with E-state index >= 15 is 0 Å². The van der Waals surface area contributed by atoms with E-state index in [1.54, 1.807) is 35.1 Å². The number of rotatable bonds is 6. The maximum absolute atomic E-state index is 12.2. The fourth-order valence-electron chi connectivity index (χ4n) is 1.99. The van der Waals surface area contributed by atoms with Crippen molar-refractivity contribution < 1.29 is 14.7 Å². The summed E-state index contributed by atoms with van der Waals surface area (Å²) in [4.78, 5) is 23.6. The first-order chi connectivity index (χ1) is 10.5. The molecule has 0 bridgehead atoms. The molecule has 2 rings (SSSR count). The van der Waals surface area contributed by atoms with Crippen LogP contribution >= 0.6 is 15.9 Å². The third-order valence-corrected chi connectivity index (χ3v) is 3.60. The highest BCUT2D eigenvalue weighted by atomic mass is 79.9. The maximum atomic E-state index is 12.2. The Bertz CT molecular complexity index is 667. The zero-order chi connectivity index (χ0) is 16.1. The molecule has 2 aromatic rings. The Morgan fingerprint density at radius 3 is 2.64 bits per heavy atom. The molecule has 1 aromatic carbocycles. The van der Waals surface area contributed by atoms with Gasteiger partial charge < -0.3 is 10.4 Å². The first-order valence-electron chi connectivity index (χ1n) is 6.83.